The maximum absolute atomic E-state index is 13.0. The predicted molar refractivity (Wildman–Crippen MR) is 109 cm³/mol. The number of hydrazone groups is 1. The quantitative estimate of drug-likeness (QED) is 0.816. The fraction of sp³-hybridized carbons (Fsp3) is 0.350. The summed E-state index contributed by atoms with van der Waals surface area (Å²) in [6.07, 6.45) is 0.594. The maximum Gasteiger partial charge on any atom is 0.317 e. The lowest BCUT2D eigenvalue weighted by Crippen LogP contribution is -2.43. The standard InChI is InChI=1S/C20H22N4O4S/c1-3-21-20(26)23(2)11-19(25)24-15(10-14(22-24)18-5-4-8-29-18)13-6-7-16-17(9-13)28-12-27-16/h4-9,15H,3,10-12H2,1-2H3,(H,21,26). The maximum atomic E-state index is 13.0. The molecule has 9 heteroatoms. The van der Waals surface area contributed by atoms with Gasteiger partial charge in [-0.2, -0.15) is 5.10 Å². The van der Waals surface area contributed by atoms with Crippen molar-refractivity contribution >= 4 is 29.0 Å². The van der Waals surface area contributed by atoms with Crippen LogP contribution >= 0.6 is 11.3 Å². The molecule has 0 aliphatic carbocycles. The van der Waals surface area contributed by atoms with Gasteiger partial charge in [-0.05, 0) is 36.1 Å². The van der Waals surface area contributed by atoms with Crippen LogP contribution in [0.2, 0.25) is 0 Å². The lowest BCUT2D eigenvalue weighted by atomic mass is 10.0. The van der Waals surface area contributed by atoms with Gasteiger partial charge in [0.15, 0.2) is 11.5 Å². The van der Waals surface area contributed by atoms with Gasteiger partial charge in [0, 0.05) is 20.0 Å². The van der Waals surface area contributed by atoms with E-state index in [0.29, 0.717) is 24.5 Å². The highest BCUT2D eigenvalue weighted by Crippen LogP contribution is 2.39. The van der Waals surface area contributed by atoms with E-state index in [-0.39, 0.29) is 31.3 Å². The van der Waals surface area contributed by atoms with E-state index in [2.05, 4.69) is 10.4 Å². The van der Waals surface area contributed by atoms with Crippen LogP contribution in [0, 0.1) is 0 Å². The number of nitrogens with one attached hydrogen (secondary N) is 1. The van der Waals surface area contributed by atoms with Gasteiger partial charge in [0.25, 0.3) is 5.91 Å². The lowest BCUT2D eigenvalue weighted by Gasteiger charge is -2.25. The Hall–Kier alpha value is -3.07. The number of hydrogen-bond donors (Lipinski definition) is 1. The first kappa shape index (κ1) is 19.3. The van der Waals surface area contributed by atoms with Gasteiger partial charge in [-0.25, -0.2) is 9.80 Å². The zero-order valence-electron chi connectivity index (χ0n) is 16.3. The van der Waals surface area contributed by atoms with Crippen LogP contribution in [0.4, 0.5) is 4.79 Å². The molecule has 1 aromatic carbocycles. The number of nitrogens with zero attached hydrogens (tertiary/aromatic N) is 3. The van der Waals surface area contributed by atoms with Crippen molar-refractivity contribution in [3.63, 3.8) is 0 Å². The molecule has 1 atom stereocenters. The summed E-state index contributed by atoms with van der Waals surface area (Å²) in [5.41, 5.74) is 1.77. The average Bonchev–Trinajstić information content (AvgIpc) is 3.46. The number of ether oxygens (including phenoxy) is 2. The second-order valence-electron chi connectivity index (χ2n) is 6.79. The van der Waals surface area contributed by atoms with Gasteiger partial charge >= 0.3 is 6.03 Å². The van der Waals surface area contributed by atoms with E-state index in [0.717, 1.165) is 16.2 Å². The molecular weight excluding hydrogens is 392 g/mol. The lowest BCUT2D eigenvalue weighted by molar-refractivity contribution is -0.133. The minimum Gasteiger partial charge on any atom is -0.454 e. The van der Waals surface area contributed by atoms with E-state index in [9.17, 15) is 9.59 Å². The minimum atomic E-state index is -0.290. The number of amides is 3. The van der Waals surface area contributed by atoms with Crippen molar-refractivity contribution in [1.82, 2.24) is 15.2 Å². The first-order valence-corrected chi connectivity index (χ1v) is 10.3. The SMILES string of the molecule is CCNC(=O)N(C)CC(=O)N1N=C(c2cccs2)CC1c1ccc2c(c1)OCO2. The van der Waals surface area contributed by atoms with Gasteiger partial charge in [0.05, 0.1) is 16.6 Å². The summed E-state index contributed by atoms with van der Waals surface area (Å²) in [5.74, 6) is 1.12. The van der Waals surface area contributed by atoms with E-state index in [4.69, 9.17) is 9.47 Å². The molecule has 1 unspecified atom stereocenters. The van der Waals surface area contributed by atoms with Crippen LogP contribution in [-0.4, -0.2) is 54.5 Å². The molecule has 2 aliphatic rings. The molecule has 2 aromatic rings. The second kappa shape index (κ2) is 8.12. The molecule has 8 nitrogen and oxygen atoms in total. The van der Waals surface area contributed by atoms with Crippen LogP contribution in [-0.2, 0) is 4.79 Å². The third kappa shape index (κ3) is 3.91. The molecule has 0 saturated heterocycles. The molecule has 0 radical (unpaired) electrons. The number of likely N-dealkylation sites (N-methyl/N-ethyl adjacent to an activating group) is 1. The number of carbonyl (C=O) groups is 2. The van der Waals surface area contributed by atoms with Gasteiger partial charge in [-0.15, -0.1) is 11.3 Å². The summed E-state index contributed by atoms with van der Waals surface area (Å²) >= 11 is 1.59. The first-order chi connectivity index (χ1) is 14.1. The average molecular weight is 414 g/mol. The molecule has 29 heavy (non-hydrogen) atoms. The van der Waals surface area contributed by atoms with Gasteiger partial charge in [0.1, 0.15) is 6.54 Å². The Bertz CT molecular complexity index is 944. The van der Waals surface area contributed by atoms with Crippen LogP contribution in [0.5, 0.6) is 11.5 Å². The molecule has 3 amide bonds. The van der Waals surface area contributed by atoms with Gasteiger partial charge in [0.2, 0.25) is 6.79 Å². The zero-order valence-corrected chi connectivity index (χ0v) is 17.1. The zero-order chi connectivity index (χ0) is 20.4. The van der Waals surface area contributed by atoms with Gasteiger partial charge in [-0.1, -0.05) is 12.1 Å². The Morgan fingerprint density at radius 3 is 2.90 bits per heavy atom. The van der Waals surface area contributed by atoms with Crippen LogP contribution in [0.1, 0.15) is 29.8 Å². The Balaban J connectivity index is 1.59. The Morgan fingerprint density at radius 2 is 2.14 bits per heavy atom. The van der Waals surface area contributed by atoms with E-state index in [1.54, 1.807) is 18.4 Å². The fourth-order valence-corrected chi connectivity index (χ4v) is 4.07. The topological polar surface area (TPSA) is 83.5 Å². The van der Waals surface area contributed by atoms with Crippen LogP contribution in [0.15, 0.2) is 40.8 Å². The number of carbonyl (C=O) groups excluding carboxylic acids is 2. The molecule has 152 valence electrons. The molecule has 3 heterocycles. The smallest absolute Gasteiger partial charge is 0.317 e. The largest absolute Gasteiger partial charge is 0.454 e. The molecule has 0 fully saturated rings. The predicted octanol–water partition coefficient (Wildman–Crippen LogP) is 2.82. The molecule has 0 bridgehead atoms. The normalized spacial score (nSPS) is 17.2. The molecular formula is C20H22N4O4S. The van der Waals surface area contributed by atoms with Gasteiger partial charge < -0.3 is 19.7 Å². The monoisotopic (exact) mass is 414 g/mol. The minimum absolute atomic E-state index is 0.0614. The van der Waals surface area contributed by atoms with Gasteiger partial charge in [-0.3, -0.25) is 4.79 Å². The summed E-state index contributed by atoms with van der Waals surface area (Å²) < 4.78 is 10.9. The van der Waals surface area contributed by atoms with Crippen molar-refractivity contribution < 1.29 is 19.1 Å². The number of hydrogen-bond acceptors (Lipinski definition) is 6. The van der Waals surface area contributed by atoms with Crippen molar-refractivity contribution in [2.75, 3.05) is 26.9 Å². The van der Waals surface area contributed by atoms with Crippen molar-refractivity contribution in [2.45, 2.75) is 19.4 Å². The number of benzene rings is 1. The van der Waals surface area contributed by atoms with Crippen LogP contribution in [0.3, 0.4) is 0 Å². The Labute approximate surface area is 172 Å². The summed E-state index contributed by atoms with van der Waals surface area (Å²) in [6.45, 7) is 2.47. The molecule has 2 aliphatic heterocycles. The van der Waals surface area contributed by atoms with Crippen molar-refractivity contribution in [3.8, 4) is 11.5 Å². The second-order valence-corrected chi connectivity index (χ2v) is 7.73. The van der Waals surface area contributed by atoms with Crippen molar-refractivity contribution in [3.05, 3.63) is 46.2 Å². The molecule has 1 N–H and O–H groups in total. The van der Waals surface area contributed by atoms with E-state index in [1.165, 1.54) is 9.91 Å². The third-order valence-electron chi connectivity index (χ3n) is 4.80. The summed E-state index contributed by atoms with van der Waals surface area (Å²) in [6, 6.07) is 9.08. The Morgan fingerprint density at radius 1 is 1.31 bits per heavy atom. The van der Waals surface area contributed by atoms with Crippen molar-refractivity contribution in [1.29, 1.82) is 0 Å². The van der Waals surface area contributed by atoms with Crippen molar-refractivity contribution in [2.24, 2.45) is 5.10 Å². The highest BCUT2D eigenvalue weighted by atomic mass is 32.1. The highest BCUT2D eigenvalue weighted by molar-refractivity contribution is 7.12. The summed E-state index contributed by atoms with van der Waals surface area (Å²) in [7, 11) is 1.60. The molecule has 0 spiro atoms. The fourth-order valence-electron chi connectivity index (χ4n) is 3.35. The van der Waals surface area contributed by atoms with E-state index < -0.39 is 0 Å². The Kier molecular flexibility index (Phi) is 5.39. The number of rotatable bonds is 5. The van der Waals surface area contributed by atoms with E-state index >= 15 is 0 Å². The first-order valence-electron chi connectivity index (χ1n) is 9.38. The molecule has 4 rings (SSSR count). The number of thiophene rings is 1. The number of urea groups is 1. The highest BCUT2D eigenvalue weighted by Gasteiger charge is 2.35. The third-order valence-corrected chi connectivity index (χ3v) is 5.72. The molecule has 1 aromatic heterocycles. The summed E-state index contributed by atoms with van der Waals surface area (Å²) in [4.78, 5) is 27.4. The van der Waals surface area contributed by atoms with Crippen LogP contribution in [0.25, 0.3) is 0 Å². The molecule has 0 saturated carbocycles. The van der Waals surface area contributed by atoms with Crippen LogP contribution < -0.4 is 14.8 Å². The van der Waals surface area contributed by atoms with E-state index in [1.807, 2.05) is 42.6 Å². The summed E-state index contributed by atoms with van der Waals surface area (Å²) in [5, 5.41) is 10.8. The number of fused-ring (bicyclic) bond motifs is 1.